The van der Waals surface area contributed by atoms with Crippen molar-refractivity contribution in [3.8, 4) is 0 Å². The minimum atomic E-state index is -0.184. The van der Waals surface area contributed by atoms with Crippen molar-refractivity contribution in [2.24, 2.45) is 0 Å². The van der Waals surface area contributed by atoms with Crippen LogP contribution in [-0.4, -0.2) is 35.6 Å². The zero-order valence-corrected chi connectivity index (χ0v) is 17.6. The largest absolute Gasteiger partial charge is 0.449 e. The fourth-order valence-electron chi connectivity index (χ4n) is 3.16. The number of anilines is 1. The second-order valence-corrected chi connectivity index (χ2v) is 7.79. The number of fused-ring (bicyclic) bond motifs is 1. The first-order chi connectivity index (χ1) is 14.1. The molecule has 2 amide bonds. The number of thioether (sulfide) groups is 1. The third-order valence-electron chi connectivity index (χ3n) is 4.44. The number of benzene rings is 2. The van der Waals surface area contributed by atoms with Gasteiger partial charge in [-0.2, -0.15) is 0 Å². The fourth-order valence-corrected chi connectivity index (χ4v) is 3.88. The van der Waals surface area contributed by atoms with Crippen molar-refractivity contribution in [3.05, 3.63) is 60.4 Å². The summed E-state index contributed by atoms with van der Waals surface area (Å²) in [6.07, 6.45) is 1.72. The lowest BCUT2D eigenvalue weighted by atomic mass is 10.2. The van der Waals surface area contributed by atoms with Crippen LogP contribution in [-0.2, 0) is 4.79 Å². The molecule has 0 bridgehead atoms. The van der Waals surface area contributed by atoms with E-state index in [1.54, 1.807) is 4.90 Å². The molecule has 1 aromatic heterocycles. The molecule has 5 nitrogen and oxygen atoms in total. The fraction of sp³-hybridized carbons (Fsp3) is 0.304. The van der Waals surface area contributed by atoms with Gasteiger partial charge >= 0.3 is 0 Å². The van der Waals surface area contributed by atoms with Gasteiger partial charge in [-0.25, -0.2) is 0 Å². The molecule has 3 rings (SSSR count). The minimum Gasteiger partial charge on any atom is -0.449 e. The van der Waals surface area contributed by atoms with Crippen LogP contribution in [0.15, 0.2) is 63.9 Å². The highest BCUT2D eigenvalue weighted by Crippen LogP contribution is 2.32. The van der Waals surface area contributed by atoms with E-state index in [2.05, 4.69) is 5.32 Å². The van der Waals surface area contributed by atoms with E-state index in [1.165, 1.54) is 11.8 Å². The number of amides is 2. The maximum Gasteiger partial charge on any atom is 0.291 e. The molecule has 0 aliphatic heterocycles. The Bertz CT molecular complexity index is 963. The molecule has 0 aliphatic carbocycles. The molecule has 0 saturated heterocycles. The Hall–Kier alpha value is -2.73. The number of para-hydroxylation sites is 1. The van der Waals surface area contributed by atoms with Crippen molar-refractivity contribution in [1.82, 2.24) is 4.90 Å². The molecular formula is C23H26N2O3S. The van der Waals surface area contributed by atoms with Crippen LogP contribution in [0.4, 0.5) is 5.69 Å². The lowest BCUT2D eigenvalue weighted by Crippen LogP contribution is -2.33. The van der Waals surface area contributed by atoms with Crippen LogP contribution in [0.2, 0.25) is 0 Å². The summed E-state index contributed by atoms with van der Waals surface area (Å²) in [6.45, 7) is 5.39. The molecule has 1 heterocycles. The molecule has 6 heteroatoms. The predicted molar refractivity (Wildman–Crippen MR) is 118 cm³/mol. The quantitative estimate of drug-likeness (QED) is 0.478. The molecule has 1 N–H and O–H groups in total. The first kappa shape index (κ1) is 21.0. The van der Waals surface area contributed by atoms with Gasteiger partial charge in [0.1, 0.15) is 11.3 Å². The Morgan fingerprint density at radius 3 is 2.31 bits per heavy atom. The smallest absolute Gasteiger partial charge is 0.291 e. The lowest BCUT2D eigenvalue weighted by molar-refractivity contribution is -0.113. The molecule has 2 aromatic carbocycles. The molecule has 0 atom stereocenters. The average molecular weight is 411 g/mol. The van der Waals surface area contributed by atoms with Crippen LogP contribution in [0.1, 0.15) is 37.2 Å². The van der Waals surface area contributed by atoms with E-state index in [4.69, 9.17) is 4.42 Å². The van der Waals surface area contributed by atoms with Crippen LogP contribution >= 0.6 is 11.8 Å². The van der Waals surface area contributed by atoms with Crippen LogP contribution in [0.5, 0.6) is 0 Å². The molecule has 3 aromatic rings. The van der Waals surface area contributed by atoms with Gasteiger partial charge in [0, 0.05) is 23.4 Å². The number of hydrogen-bond acceptors (Lipinski definition) is 4. The highest BCUT2D eigenvalue weighted by molar-refractivity contribution is 8.00. The Labute approximate surface area is 175 Å². The van der Waals surface area contributed by atoms with Crippen molar-refractivity contribution in [2.45, 2.75) is 31.6 Å². The van der Waals surface area contributed by atoms with Crippen molar-refractivity contribution in [1.29, 1.82) is 0 Å². The van der Waals surface area contributed by atoms with E-state index in [9.17, 15) is 9.59 Å². The molecule has 0 saturated carbocycles. The van der Waals surface area contributed by atoms with E-state index >= 15 is 0 Å². The van der Waals surface area contributed by atoms with Crippen molar-refractivity contribution in [3.63, 3.8) is 0 Å². The van der Waals surface area contributed by atoms with Gasteiger partial charge < -0.3 is 14.6 Å². The maximum absolute atomic E-state index is 13.2. The van der Waals surface area contributed by atoms with Crippen LogP contribution in [0.3, 0.4) is 0 Å². The van der Waals surface area contributed by atoms with Gasteiger partial charge in [0.15, 0.2) is 0 Å². The second kappa shape index (κ2) is 10.2. The van der Waals surface area contributed by atoms with E-state index in [-0.39, 0.29) is 23.3 Å². The summed E-state index contributed by atoms with van der Waals surface area (Å²) < 4.78 is 5.89. The third kappa shape index (κ3) is 5.21. The summed E-state index contributed by atoms with van der Waals surface area (Å²) in [5.41, 5.74) is 1.05. The number of nitrogens with one attached hydrogen (secondary N) is 1. The van der Waals surface area contributed by atoms with Gasteiger partial charge in [0.25, 0.3) is 5.91 Å². The van der Waals surface area contributed by atoms with E-state index in [0.29, 0.717) is 24.4 Å². The second-order valence-electron chi connectivity index (χ2n) is 6.74. The monoisotopic (exact) mass is 410 g/mol. The molecule has 29 heavy (non-hydrogen) atoms. The first-order valence-electron chi connectivity index (χ1n) is 9.92. The third-order valence-corrected chi connectivity index (χ3v) is 5.45. The number of furan rings is 1. The lowest BCUT2D eigenvalue weighted by Gasteiger charge is -2.20. The first-order valence-corrected chi connectivity index (χ1v) is 10.9. The Balaban J connectivity index is 1.84. The van der Waals surface area contributed by atoms with E-state index in [1.807, 2.05) is 68.4 Å². The summed E-state index contributed by atoms with van der Waals surface area (Å²) in [4.78, 5) is 28.6. The zero-order valence-electron chi connectivity index (χ0n) is 16.8. The number of carbonyl (C=O) groups excluding carboxylic acids is 2. The van der Waals surface area contributed by atoms with E-state index < -0.39 is 0 Å². The van der Waals surface area contributed by atoms with Crippen LogP contribution in [0, 0.1) is 0 Å². The normalized spacial score (nSPS) is 10.8. The molecule has 0 aliphatic rings. The van der Waals surface area contributed by atoms with Crippen molar-refractivity contribution in [2.75, 3.05) is 24.2 Å². The number of hydrogen-bond donors (Lipinski definition) is 1. The molecule has 152 valence electrons. The Morgan fingerprint density at radius 1 is 0.966 bits per heavy atom. The molecular weight excluding hydrogens is 384 g/mol. The SMILES string of the molecule is CCCN(CCC)C(=O)c1oc2ccccc2c1NC(=O)CSc1ccccc1. The maximum atomic E-state index is 13.2. The standard InChI is InChI=1S/C23H26N2O3S/c1-3-14-25(15-4-2)23(27)22-21(18-12-8-9-13-19(18)28-22)24-20(26)16-29-17-10-6-5-7-11-17/h5-13H,3-4,14-16H2,1-2H3,(H,24,26). The van der Waals surface area contributed by atoms with Crippen LogP contribution < -0.4 is 5.32 Å². The van der Waals surface area contributed by atoms with Crippen LogP contribution in [0.25, 0.3) is 11.0 Å². The number of carbonyl (C=O) groups is 2. The summed E-state index contributed by atoms with van der Waals surface area (Å²) in [5.74, 6) is 0.101. The van der Waals surface area contributed by atoms with Crippen molar-refractivity contribution < 1.29 is 14.0 Å². The zero-order chi connectivity index (χ0) is 20.6. The predicted octanol–water partition coefficient (Wildman–Crippen LogP) is 5.43. The summed E-state index contributed by atoms with van der Waals surface area (Å²) in [5, 5.41) is 3.66. The Morgan fingerprint density at radius 2 is 1.62 bits per heavy atom. The van der Waals surface area contributed by atoms with Gasteiger partial charge in [-0.05, 0) is 37.1 Å². The molecule has 0 fully saturated rings. The van der Waals surface area contributed by atoms with Gasteiger partial charge in [-0.3, -0.25) is 9.59 Å². The highest BCUT2D eigenvalue weighted by atomic mass is 32.2. The van der Waals surface area contributed by atoms with Gasteiger partial charge in [-0.15, -0.1) is 11.8 Å². The van der Waals surface area contributed by atoms with Gasteiger partial charge in [0.05, 0.1) is 5.75 Å². The molecule has 0 unspecified atom stereocenters. The highest BCUT2D eigenvalue weighted by Gasteiger charge is 2.25. The summed E-state index contributed by atoms with van der Waals surface area (Å²) in [7, 11) is 0. The minimum absolute atomic E-state index is 0.169. The summed E-state index contributed by atoms with van der Waals surface area (Å²) >= 11 is 1.45. The number of rotatable bonds is 9. The molecule has 0 radical (unpaired) electrons. The topological polar surface area (TPSA) is 62.6 Å². The summed E-state index contributed by atoms with van der Waals surface area (Å²) in [6, 6.07) is 17.2. The van der Waals surface area contributed by atoms with Gasteiger partial charge in [-0.1, -0.05) is 44.2 Å². The average Bonchev–Trinajstić information content (AvgIpc) is 3.11. The van der Waals surface area contributed by atoms with Gasteiger partial charge in [0.2, 0.25) is 11.7 Å². The number of nitrogens with zero attached hydrogens (tertiary/aromatic N) is 1. The molecule has 0 spiro atoms. The Kier molecular flexibility index (Phi) is 7.36. The van der Waals surface area contributed by atoms with Crippen molar-refractivity contribution >= 4 is 40.2 Å². The van der Waals surface area contributed by atoms with E-state index in [0.717, 1.165) is 23.1 Å².